The maximum Gasteiger partial charge on any atom is 0.258 e. The van der Waals surface area contributed by atoms with E-state index in [1.54, 1.807) is 42.5 Å². The Morgan fingerprint density at radius 2 is 1.69 bits per heavy atom. The molecule has 0 N–H and O–H groups in total. The predicted octanol–water partition coefficient (Wildman–Crippen LogP) is 3.52. The lowest BCUT2D eigenvalue weighted by atomic mass is 9.82. The summed E-state index contributed by atoms with van der Waals surface area (Å²) in [7, 11) is 0. The summed E-state index contributed by atoms with van der Waals surface area (Å²) in [6, 6.07) is 21.9. The molecule has 6 nitrogen and oxygen atoms in total. The second kappa shape index (κ2) is 7.83. The molecule has 32 heavy (non-hydrogen) atoms. The number of nitriles is 2. The van der Waals surface area contributed by atoms with Crippen LogP contribution in [0.25, 0.3) is 11.1 Å². The second-order valence-electron chi connectivity index (χ2n) is 8.48. The standard InChI is InChI=1S/C26H20N4O2/c27-12-17-4-6-20(7-5-17)25(31)29-14-19-11-22(16-29)24-9-8-23(26(32)30(24)15-19)21-3-1-2-18(10-21)13-28/h1-10,19,22H,11,14-16H2/t19-,22+/m0/s1. The van der Waals surface area contributed by atoms with Crippen LogP contribution in [0.5, 0.6) is 0 Å². The second-order valence-corrected chi connectivity index (χ2v) is 8.48. The quantitative estimate of drug-likeness (QED) is 0.634. The molecule has 6 heteroatoms. The van der Waals surface area contributed by atoms with Crippen LogP contribution in [0.2, 0.25) is 0 Å². The highest BCUT2D eigenvalue weighted by atomic mass is 16.2. The first-order valence-corrected chi connectivity index (χ1v) is 10.6. The first-order valence-electron chi connectivity index (χ1n) is 10.6. The first kappa shape index (κ1) is 19.8. The van der Waals surface area contributed by atoms with Gasteiger partial charge in [0.2, 0.25) is 0 Å². The molecule has 0 radical (unpaired) electrons. The van der Waals surface area contributed by atoms with Gasteiger partial charge in [0.05, 0.1) is 23.3 Å². The summed E-state index contributed by atoms with van der Waals surface area (Å²) in [5.74, 6) is 0.281. The van der Waals surface area contributed by atoms with Crippen molar-refractivity contribution in [2.45, 2.75) is 18.9 Å². The van der Waals surface area contributed by atoms with Gasteiger partial charge in [0.25, 0.3) is 11.5 Å². The van der Waals surface area contributed by atoms with Crippen LogP contribution in [0.3, 0.4) is 0 Å². The number of amides is 1. The Kier molecular flexibility index (Phi) is 4.84. The van der Waals surface area contributed by atoms with Gasteiger partial charge in [-0.2, -0.15) is 10.5 Å². The average molecular weight is 420 g/mol. The first-order chi connectivity index (χ1) is 15.6. The van der Waals surface area contributed by atoms with Crippen molar-refractivity contribution in [3.05, 3.63) is 93.4 Å². The molecule has 5 rings (SSSR count). The summed E-state index contributed by atoms with van der Waals surface area (Å²) in [4.78, 5) is 28.2. The van der Waals surface area contributed by atoms with E-state index in [2.05, 4.69) is 12.1 Å². The molecule has 3 aromatic rings. The largest absolute Gasteiger partial charge is 0.338 e. The minimum Gasteiger partial charge on any atom is -0.338 e. The normalized spacial score (nSPS) is 18.9. The smallest absolute Gasteiger partial charge is 0.258 e. The highest BCUT2D eigenvalue weighted by molar-refractivity contribution is 5.94. The fraction of sp³-hybridized carbons (Fsp3) is 0.231. The van der Waals surface area contributed by atoms with E-state index in [0.717, 1.165) is 17.7 Å². The number of likely N-dealkylation sites (tertiary alicyclic amines) is 1. The molecule has 0 aliphatic carbocycles. The lowest BCUT2D eigenvalue weighted by molar-refractivity contribution is 0.0594. The Labute approximate surface area is 185 Å². The Morgan fingerprint density at radius 1 is 0.906 bits per heavy atom. The third kappa shape index (κ3) is 3.36. The summed E-state index contributed by atoms with van der Waals surface area (Å²) >= 11 is 0. The molecule has 2 aromatic carbocycles. The van der Waals surface area contributed by atoms with Crippen molar-refractivity contribution < 1.29 is 4.79 Å². The van der Waals surface area contributed by atoms with Gasteiger partial charge < -0.3 is 9.47 Å². The molecule has 3 heterocycles. The van der Waals surface area contributed by atoms with E-state index in [1.807, 2.05) is 27.7 Å². The number of hydrogen-bond acceptors (Lipinski definition) is 4. The summed E-state index contributed by atoms with van der Waals surface area (Å²) < 4.78 is 1.86. The minimum absolute atomic E-state index is 0.0371. The number of piperidine rings is 1. The number of aromatic nitrogens is 1. The Balaban J connectivity index is 1.44. The van der Waals surface area contributed by atoms with E-state index in [1.165, 1.54) is 0 Å². The van der Waals surface area contributed by atoms with Gasteiger partial charge in [-0.05, 0) is 66.4 Å². The number of pyridine rings is 1. The molecule has 1 aromatic heterocycles. The number of fused-ring (bicyclic) bond motifs is 4. The Hall–Kier alpha value is -4.16. The van der Waals surface area contributed by atoms with Crippen LogP contribution in [0, 0.1) is 28.6 Å². The lowest BCUT2D eigenvalue weighted by Crippen LogP contribution is -2.49. The van der Waals surface area contributed by atoms with Gasteiger partial charge in [-0.1, -0.05) is 12.1 Å². The van der Waals surface area contributed by atoms with Crippen molar-refractivity contribution in [1.29, 1.82) is 10.5 Å². The number of carbonyl (C=O) groups is 1. The molecule has 1 amide bonds. The molecule has 0 spiro atoms. The minimum atomic E-state index is -0.0424. The number of nitrogens with zero attached hydrogens (tertiary/aromatic N) is 4. The van der Waals surface area contributed by atoms with Crippen LogP contribution in [-0.4, -0.2) is 28.5 Å². The molecule has 0 unspecified atom stereocenters. The zero-order valence-corrected chi connectivity index (χ0v) is 17.4. The SMILES string of the molecule is N#Cc1ccc(C(=O)N2C[C@@H]3C[C@H](C2)c2ccc(-c4cccc(C#N)c4)c(=O)n2C3)cc1. The van der Waals surface area contributed by atoms with Gasteiger partial charge >= 0.3 is 0 Å². The predicted molar refractivity (Wildman–Crippen MR) is 119 cm³/mol. The van der Waals surface area contributed by atoms with E-state index in [4.69, 9.17) is 5.26 Å². The summed E-state index contributed by atoms with van der Waals surface area (Å²) in [5, 5.41) is 18.1. The van der Waals surface area contributed by atoms with Crippen molar-refractivity contribution in [2.24, 2.45) is 5.92 Å². The molecule has 1 fully saturated rings. The van der Waals surface area contributed by atoms with Crippen molar-refractivity contribution in [3.63, 3.8) is 0 Å². The molecular weight excluding hydrogens is 400 g/mol. The monoisotopic (exact) mass is 420 g/mol. The molecule has 0 saturated carbocycles. The molecule has 2 atom stereocenters. The van der Waals surface area contributed by atoms with Crippen LogP contribution in [0.15, 0.2) is 65.5 Å². The van der Waals surface area contributed by atoms with Gasteiger partial charge in [0, 0.05) is 42.4 Å². The Bertz CT molecular complexity index is 1360. The summed E-state index contributed by atoms with van der Waals surface area (Å²) in [6.07, 6.45) is 0.958. The van der Waals surface area contributed by atoms with Crippen molar-refractivity contribution in [2.75, 3.05) is 13.1 Å². The average Bonchev–Trinajstić information content (AvgIpc) is 2.84. The van der Waals surface area contributed by atoms with E-state index in [0.29, 0.717) is 41.9 Å². The van der Waals surface area contributed by atoms with Crippen molar-refractivity contribution in [1.82, 2.24) is 9.47 Å². The van der Waals surface area contributed by atoms with Gasteiger partial charge in [0.1, 0.15) is 0 Å². The van der Waals surface area contributed by atoms with Crippen LogP contribution < -0.4 is 5.56 Å². The molecular formula is C26H20N4O2. The van der Waals surface area contributed by atoms with Crippen LogP contribution >= 0.6 is 0 Å². The van der Waals surface area contributed by atoms with E-state index in [9.17, 15) is 14.9 Å². The molecule has 2 aliphatic heterocycles. The molecule has 2 bridgehead atoms. The van der Waals surface area contributed by atoms with Gasteiger partial charge in [-0.25, -0.2) is 0 Å². The van der Waals surface area contributed by atoms with Gasteiger partial charge in [0.15, 0.2) is 0 Å². The number of carbonyl (C=O) groups excluding carboxylic acids is 1. The van der Waals surface area contributed by atoms with Crippen molar-refractivity contribution >= 4 is 5.91 Å². The third-order valence-electron chi connectivity index (χ3n) is 6.46. The maximum atomic E-state index is 13.3. The fourth-order valence-electron chi connectivity index (χ4n) is 4.96. The third-order valence-corrected chi connectivity index (χ3v) is 6.46. The van der Waals surface area contributed by atoms with Crippen LogP contribution in [0.4, 0.5) is 0 Å². The molecule has 1 saturated heterocycles. The highest BCUT2D eigenvalue weighted by Gasteiger charge is 2.37. The van der Waals surface area contributed by atoms with Crippen LogP contribution in [-0.2, 0) is 6.54 Å². The van der Waals surface area contributed by atoms with E-state index >= 15 is 0 Å². The zero-order chi connectivity index (χ0) is 22.2. The molecule has 156 valence electrons. The Morgan fingerprint density at radius 3 is 2.44 bits per heavy atom. The van der Waals surface area contributed by atoms with Gasteiger partial charge in [-0.15, -0.1) is 0 Å². The fourth-order valence-corrected chi connectivity index (χ4v) is 4.96. The number of rotatable bonds is 2. The zero-order valence-electron chi connectivity index (χ0n) is 17.4. The van der Waals surface area contributed by atoms with E-state index < -0.39 is 0 Å². The molecule has 2 aliphatic rings. The number of hydrogen-bond donors (Lipinski definition) is 0. The maximum absolute atomic E-state index is 13.3. The lowest BCUT2D eigenvalue weighted by Gasteiger charge is -2.43. The number of benzene rings is 2. The highest BCUT2D eigenvalue weighted by Crippen LogP contribution is 2.36. The summed E-state index contributed by atoms with van der Waals surface area (Å²) in [5.41, 5.74) is 3.89. The van der Waals surface area contributed by atoms with Gasteiger partial charge in [-0.3, -0.25) is 9.59 Å². The van der Waals surface area contributed by atoms with Crippen molar-refractivity contribution in [3.8, 4) is 23.3 Å². The summed E-state index contributed by atoms with van der Waals surface area (Å²) in [6.45, 7) is 1.75. The van der Waals surface area contributed by atoms with Crippen LogP contribution in [0.1, 0.15) is 39.5 Å². The topological polar surface area (TPSA) is 89.9 Å². The van der Waals surface area contributed by atoms with E-state index in [-0.39, 0.29) is 23.3 Å².